The summed E-state index contributed by atoms with van der Waals surface area (Å²) in [6, 6.07) is 0. The van der Waals surface area contributed by atoms with Crippen molar-refractivity contribution in [2.24, 2.45) is 5.92 Å². The first-order valence-electron chi connectivity index (χ1n) is 2.92. The average Bonchev–Trinajstić information content (AvgIpc) is 1.80. The molecule has 0 radical (unpaired) electrons. The van der Waals surface area contributed by atoms with Crippen LogP contribution in [0.1, 0.15) is 13.8 Å². The highest BCUT2D eigenvalue weighted by Gasteiger charge is 2.14. The Morgan fingerprint density at radius 1 is 1.64 bits per heavy atom. The fraction of sp³-hybridized carbons (Fsp3) is 0.600. The third-order valence-corrected chi connectivity index (χ3v) is 1.79. The van der Waals surface area contributed by atoms with Crippen LogP contribution in [0.5, 0.6) is 0 Å². The molecule has 0 atom stereocenters. The van der Waals surface area contributed by atoms with E-state index in [1.807, 2.05) is 0 Å². The zero-order valence-corrected chi connectivity index (χ0v) is 8.66. The van der Waals surface area contributed by atoms with E-state index in [1.54, 1.807) is 13.8 Å². The Balaban J connectivity index is 4.24. The van der Waals surface area contributed by atoms with E-state index in [1.165, 1.54) is 0 Å². The predicted octanol–water partition coefficient (Wildman–Crippen LogP) is 1.95. The summed E-state index contributed by atoms with van der Waals surface area (Å²) in [4.78, 5) is 17.5. The van der Waals surface area contributed by atoms with E-state index >= 15 is 0 Å². The molecule has 0 aliphatic rings. The highest BCUT2D eigenvalue weighted by molar-refractivity contribution is 8.06. The first kappa shape index (κ1) is 11.4. The molecular weight excluding hydrogens is 207 g/mol. The molecule has 0 fully saturated rings. The number of halogens is 1. The van der Waals surface area contributed by atoms with Crippen LogP contribution >= 0.6 is 18.3 Å². The van der Waals surface area contributed by atoms with Gasteiger partial charge in [0.25, 0.3) is 0 Å². The van der Waals surface area contributed by atoms with Gasteiger partial charge in [0.1, 0.15) is 5.76 Å². The number of hydrogen-bond donors (Lipinski definition) is 2. The van der Waals surface area contributed by atoms with Gasteiger partial charge in [0.2, 0.25) is 0 Å². The normalized spacial score (nSPS) is 13.8. The van der Waals surface area contributed by atoms with E-state index in [0.717, 1.165) is 5.54 Å². The van der Waals surface area contributed by atoms with Gasteiger partial charge >= 0.3 is 6.72 Å². The Morgan fingerprint density at radius 3 is 2.18 bits per heavy atom. The van der Waals surface area contributed by atoms with E-state index in [4.69, 9.17) is 21.4 Å². The molecule has 0 amide bonds. The summed E-state index contributed by atoms with van der Waals surface area (Å²) in [5, 5.41) is 0. The Labute approximate surface area is 75.9 Å². The molecule has 0 bridgehead atoms. The van der Waals surface area contributed by atoms with Crippen LogP contribution in [0.15, 0.2) is 11.3 Å². The monoisotopic (exact) mass is 216 g/mol. The topological polar surface area (TPSA) is 49.7 Å². The lowest BCUT2D eigenvalue weighted by Crippen LogP contribution is -1.96. The van der Waals surface area contributed by atoms with Crippen molar-refractivity contribution in [2.75, 3.05) is 0 Å². The molecule has 0 aliphatic heterocycles. The maximum absolute atomic E-state index is 8.73. The van der Waals surface area contributed by atoms with Gasteiger partial charge in [-0.3, -0.25) is 0 Å². The van der Waals surface area contributed by atoms with Crippen molar-refractivity contribution in [3.05, 3.63) is 11.3 Å². The molecular formula is C5H10ClO3PS. The second kappa shape index (κ2) is 4.43. The maximum Gasteiger partial charge on any atom is 0.374 e. The van der Waals surface area contributed by atoms with Crippen molar-refractivity contribution in [3.8, 4) is 0 Å². The molecule has 0 saturated heterocycles. The van der Waals surface area contributed by atoms with Crippen LogP contribution in [0, 0.1) is 5.92 Å². The Bertz CT molecular complexity index is 198. The van der Waals surface area contributed by atoms with Gasteiger partial charge in [-0.1, -0.05) is 25.4 Å². The van der Waals surface area contributed by atoms with E-state index < -0.39 is 6.72 Å². The van der Waals surface area contributed by atoms with Crippen LogP contribution in [0.2, 0.25) is 0 Å². The van der Waals surface area contributed by atoms with Crippen molar-refractivity contribution in [2.45, 2.75) is 13.8 Å². The predicted molar refractivity (Wildman–Crippen MR) is 48.6 cm³/mol. The lowest BCUT2D eigenvalue weighted by molar-refractivity contribution is 0.290. The second-order valence-corrected chi connectivity index (χ2v) is 5.06. The van der Waals surface area contributed by atoms with E-state index in [0.29, 0.717) is 5.76 Å². The fourth-order valence-corrected chi connectivity index (χ4v) is 1.54. The molecule has 0 rings (SSSR count). The molecule has 11 heavy (non-hydrogen) atoms. The quantitative estimate of drug-likeness (QED) is 0.559. The van der Waals surface area contributed by atoms with Gasteiger partial charge in [-0.2, -0.15) is 0 Å². The second-order valence-electron chi connectivity index (χ2n) is 2.25. The lowest BCUT2D eigenvalue weighted by Gasteiger charge is -2.14. The zero-order chi connectivity index (χ0) is 9.07. The van der Waals surface area contributed by atoms with Crippen LogP contribution in [0.3, 0.4) is 0 Å². The molecule has 0 saturated carbocycles. The van der Waals surface area contributed by atoms with Gasteiger partial charge in [-0.05, 0) is 0 Å². The van der Waals surface area contributed by atoms with E-state index in [2.05, 4.69) is 16.3 Å². The molecule has 0 aromatic carbocycles. The standard InChI is InChI=1S/C5H10ClO3PS/c1-4(2)5(3-6)9-10(7,8)11/h3-4H,1-2H3,(H2,7,8,11). The summed E-state index contributed by atoms with van der Waals surface area (Å²) < 4.78 is 4.61. The van der Waals surface area contributed by atoms with Crippen LogP contribution in [0.25, 0.3) is 0 Å². The van der Waals surface area contributed by atoms with Crippen molar-refractivity contribution < 1.29 is 14.3 Å². The lowest BCUT2D eigenvalue weighted by atomic mass is 10.2. The minimum Gasteiger partial charge on any atom is -0.428 e. The Hall–Kier alpha value is 0.400. The fourth-order valence-electron chi connectivity index (χ4n) is 0.389. The molecule has 66 valence electrons. The molecule has 0 spiro atoms. The van der Waals surface area contributed by atoms with Crippen LogP contribution in [0.4, 0.5) is 0 Å². The number of hydrogen-bond acceptors (Lipinski definition) is 2. The summed E-state index contributed by atoms with van der Waals surface area (Å²) >= 11 is 9.58. The third-order valence-electron chi connectivity index (χ3n) is 0.901. The highest BCUT2D eigenvalue weighted by Crippen LogP contribution is 2.41. The SMILES string of the molecule is CC(C)C(=CCl)OP(O)(O)=S. The van der Waals surface area contributed by atoms with Gasteiger partial charge in [0, 0.05) is 23.3 Å². The van der Waals surface area contributed by atoms with Gasteiger partial charge < -0.3 is 14.3 Å². The van der Waals surface area contributed by atoms with Crippen LogP contribution in [-0.2, 0) is 16.3 Å². The summed E-state index contributed by atoms with van der Waals surface area (Å²) in [6.07, 6.45) is 0. The summed E-state index contributed by atoms with van der Waals surface area (Å²) in [5.74, 6) is 0.286. The van der Waals surface area contributed by atoms with Gasteiger partial charge in [-0.25, -0.2) is 0 Å². The third kappa shape index (κ3) is 5.65. The Morgan fingerprint density at radius 2 is 2.09 bits per heavy atom. The van der Waals surface area contributed by atoms with Gasteiger partial charge in [0.15, 0.2) is 0 Å². The van der Waals surface area contributed by atoms with E-state index in [-0.39, 0.29) is 5.92 Å². The first-order valence-corrected chi connectivity index (χ1v) is 5.98. The number of rotatable bonds is 3. The Kier molecular flexibility index (Phi) is 4.59. The average molecular weight is 217 g/mol. The van der Waals surface area contributed by atoms with Gasteiger partial charge in [-0.15, -0.1) is 0 Å². The molecule has 0 heterocycles. The van der Waals surface area contributed by atoms with Crippen LogP contribution < -0.4 is 0 Å². The highest BCUT2D eigenvalue weighted by atomic mass is 35.5. The minimum absolute atomic E-state index is 0.00544. The molecule has 0 aromatic rings. The molecule has 0 aliphatic carbocycles. The molecule has 2 N–H and O–H groups in total. The van der Waals surface area contributed by atoms with E-state index in [9.17, 15) is 0 Å². The van der Waals surface area contributed by atoms with Crippen LogP contribution in [-0.4, -0.2) is 9.79 Å². The maximum atomic E-state index is 8.73. The van der Waals surface area contributed by atoms with Crippen molar-refractivity contribution >= 4 is 30.1 Å². The molecule has 6 heteroatoms. The number of allylic oxidation sites excluding steroid dienone is 1. The zero-order valence-electron chi connectivity index (χ0n) is 6.19. The smallest absolute Gasteiger partial charge is 0.374 e. The van der Waals surface area contributed by atoms with Crippen molar-refractivity contribution in [1.29, 1.82) is 0 Å². The van der Waals surface area contributed by atoms with Crippen molar-refractivity contribution in [3.63, 3.8) is 0 Å². The summed E-state index contributed by atoms with van der Waals surface area (Å²) in [7, 11) is 0. The van der Waals surface area contributed by atoms with Crippen molar-refractivity contribution in [1.82, 2.24) is 0 Å². The summed E-state index contributed by atoms with van der Waals surface area (Å²) in [6.45, 7) is -0.00211. The molecule has 0 aromatic heterocycles. The first-order chi connectivity index (χ1) is 4.87. The van der Waals surface area contributed by atoms with Gasteiger partial charge in [0.05, 0.1) is 0 Å². The summed E-state index contributed by atoms with van der Waals surface area (Å²) in [5.41, 5.74) is 1.15. The largest absolute Gasteiger partial charge is 0.428 e. The minimum atomic E-state index is -3.61. The molecule has 0 unspecified atom stereocenters. The molecule has 3 nitrogen and oxygen atoms in total.